The summed E-state index contributed by atoms with van der Waals surface area (Å²) in [4.78, 5) is 9.60. The summed E-state index contributed by atoms with van der Waals surface area (Å²) >= 11 is 4.83. The Labute approximate surface area is 106 Å². The molecule has 2 aromatic heterocycles. The van der Waals surface area contributed by atoms with Crippen molar-refractivity contribution in [2.24, 2.45) is 0 Å². The average Bonchev–Trinajstić information content (AvgIpc) is 2.61. The molecule has 1 N–H and O–H groups in total. The molecular formula is C11H11BrN2OS. The van der Waals surface area contributed by atoms with Crippen LogP contribution in [0.5, 0.6) is 0 Å². The van der Waals surface area contributed by atoms with Gasteiger partial charge in [-0.2, -0.15) is 0 Å². The summed E-state index contributed by atoms with van der Waals surface area (Å²) in [7, 11) is 0. The molecule has 0 saturated carbocycles. The topological polar surface area (TPSA) is 46.0 Å². The van der Waals surface area contributed by atoms with E-state index >= 15 is 0 Å². The standard InChI is InChI=1S/C11H11BrN2OS/c1-6-10(7(2)15)16-11(14-6)9-4-3-8(12)5-13-9/h3-5,7,15H,1-2H3. The minimum atomic E-state index is -0.471. The number of hydrogen-bond donors (Lipinski definition) is 1. The normalized spacial score (nSPS) is 12.8. The summed E-state index contributed by atoms with van der Waals surface area (Å²) < 4.78 is 0.945. The van der Waals surface area contributed by atoms with Crippen molar-refractivity contribution >= 4 is 27.3 Å². The van der Waals surface area contributed by atoms with Gasteiger partial charge in [0.05, 0.1) is 22.4 Å². The van der Waals surface area contributed by atoms with Crippen molar-refractivity contribution in [3.63, 3.8) is 0 Å². The number of aromatic nitrogens is 2. The first-order valence-electron chi connectivity index (χ1n) is 4.85. The van der Waals surface area contributed by atoms with Crippen molar-refractivity contribution in [2.45, 2.75) is 20.0 Å². The van der Waals surface area contributed by atoms with Gasteiger partial charge >= 0.3 is 0 Å². The van der Waals surface area contributed by atoms with Gasteiger partial charge in [-0.15, -0.1) is 11.3 Å². The number of hydrogen-bond acceptors (Lipinski definition) is 4. The fourth-order valence-corrected chi connectivity index (χ4v) is 2.62. The Morgan fingerprint density at radius 3 is 2.69 bits per heavy atom. The second kappa shape index (κ2) is 4.61. The van der Waals surface area contributed by atoms with Gasteiger partial charge in [0, 0.05) is 10.7 Å². The van der Waals surface area contributed by atoms with Crippen molar-refractivity contribution in [3.8, 4) is 10.7 Å². The summed E-state index contributed by atoms with van der Waals surface area (Å²) in [6, 6.07) is 3.84. The summed E-state index contributed by atoms with van der Waals surface area (Å²) in [5, 5.41) is 10.4. The SMILES string of the molecule is Cc1nc(-c2ccc(Br)cn2)sc1C(C)O. The maximum Gasteiger partial charge on any atom is 0.142 e. The molecule has 0 amide bonds. The zero-order valence-electron chi connectivity index (χ0n) is 8.94. The molecule has 0 spiro atoms. The lowest BCUT2D eigenvalue weighted by Gasteiger charge is -1.98. The molecule has 16 heavy (non-hydrogen) atoms. The van der Waals surface area contributed by atoms with Gasteiger partial charge in [-0.25, -0.2) is 4.98 Å². The Morgan fingerprint density at radius 2 is 2.19 bits per heavy atom. The number of rotatable bonds is 2. The summed E-state index contributed by atoms with van der Waals surface area (Å²) in [6.07, 6.45) is 1.27. The molecule has 0 saturated heterocycles. The fourth-order valence-electron chi connectivity index (χ4n) is 1.41. The van der Waals surface area contributed by atoms with E-state index in [-0.39, 0.29) is 0 Å². The van der Waals surface area contributed by atoms with E-state index in [2.05, 4.69) is 25.9 Å². The average molecular weight is 299 g/mol. The van der Waals surface area contributed by atoms with Gasteiger partial charge in [0.25, 0.3) is 0 Å². The predicted octanol–water partition coefficient (Wildman–Crippen LogP) is 3.33. The highest BCUT2D eigenvalue weighted by molar-refractivity contribution is 9.10. The van der Waals surface area contributed by atoms with Crippen LogP contribution in [0.3, 0.4) is 0 Å². The van der Waals surface area contributed by atoms with Gasteiger partial charge in [0.1, 0.15) is 5.01 Å². The first-order chi connectivity index (χ1) is 7.58. The van der Waals surface area contributed by atoms with E-state index < -0.39 is 6.10 Å². The van der Waals surface area contributed by atoms with Crippen LogP contribution >= 0.6 is 27.3 Å². The van der Waals surface area contributed by atoms with Crippen LogP contribution in [0.4, 0.5) is 0 Å². The zero-order chi connectivity index (χ0) is 11.7. The summed E-state index contributed by atoms with van der Waals surface area (Å²) in [6.45, 7) is 3.65. The van der Waals surface area contributed by atoms with Crippen LogP contribution in [-0.4, -0.2) is 15.1 Å². The van der Waals surface area contributed by atoms with Crippen molar-refractivity contribution in [3.05, 3.63) is 33.4 Å². The lowest BCUT2D eigenvalue weighted by atomic mass is 10.3. The van der Waals surface area contributed by atoms with E-state index in [1.54, 1.807) is 13.1 Å². The van der Waals surface area contributed by atoms with Gasteiger partial charge in [0.2, 0.25) is 0 Å². The molecule has 0 aromatic carbocycles. The van der Waals surface area contributed by atoms with E-state index in [4.69, 9.17) is 0 Å². The molecule has 0 aliphatic heterocycles. The Morgan fingerprint density at radius 1 is 1.44 bits per heavy atom. The third-order valence-electron chi connectivity index (χ3n) is 2.16. The largest absolute Gasteiger partial charge is 0.388 e. The van der Waals surface area contributed by atoms with E-state index in [1.165, 1.54) is 11.3 Å². The predicted molar refractivity (Wildman–Crippen MR) is 68.4 cm³/mol. The van der Waals surface area contributed by atoms with Gasteiger partial charge in [-0.1, -0.05) is 0 Å². The van der Waals surface area contributed by atoms with E-state index in [1.807, 2.05) is 19.1 Å². The van der Waals surface area contributed by atoms with Crippen LogP contribution in [0, 0.1) is 6.92 Å². The molecule has 1 unspecified atom stereocenters. The number of thiazole rings is 1. The van der Waals surface area contributed by atoms with Crippen molar-refractivity contribution in [1.82, 2.24) is 9.97 Å². The van der Waals surface area contributed by atoms with E-state index in [0.29, 0.717) is 0 Å². The number of aliphatic hydroxyl groups is 1. The molecule has 0 radical (unpaired) electrons. The van der Waals surface area contributed by atoms with Crippen LogP contribution in [0.15, 0.2) is 22.8 Å². The second-order valence-corrected chi connectivity index (χ2v) is 5.45. The van der Waals surface area contributed by atoms with Gasteiger partial charge in [-0.05, 0) is 41.9 Å². The molecule has 2 heterocycles. The molecular weight excluding hydrogens is 288 g/mol. The van der Waals surface area contributed by atoms with Crippen LogP contribution in [-0.2, 0) is 0 Å². The summed E-state index contributed by atoms with van der Waals surface area (Å²) in [5.41, 5.74) is 1.71. The number of nitrogens with zero attached hydrogens (tertiary/aromatic N) is 2. The van der Waals surface area contributed by atoms with Crippen LogP contribution in [0.2, 0.25) is 0 Å². The molecule has 5 heteroatoms. The third-order valence-corrected chi connectivity index (χ3v) is 3.98. The lowest BCUT2D eigenvalue weighted by Crippen LogP contribution is -1.88. The van der Waals surface area contributed by atoms with E-state index in [0.717, 1.165) is 25.7 Å². The molecule has 0 aliphatic rings. The minimum absolute atomic E-state index is 0.471. The molecule has 0 fully saturated rings. The van der Waals surface area contributed by atoms with Crippen LogP contribution < -0.4 is 0 Å². The number of aliphatic hydroxyl groups excluding tert-OH is 1. The molecule has 3 nitrogen and oxygen atoms in total. The number of halogens is 1. The van der Waals surface area contributed by atoms with Gasteiger partial charge in [-0.3, -0.25) is 4.98 Å². The first-order valence-corrected chi connectivity index (χ1v) is 6.46. The number of pyridine rings is 1. The Hall–Kier alpha value is -0.780. The molecule has 0 bridgehead atoms. The van der Waals surface area contributed by atoms with E-state index in [9.17, 15) is 5.11 Å². The molecule has 1 atom stereocenters. The monoisotopic (exact) mass is 298 g/mol. The molecule has 84 valence electrons. The van der Waals surface area contributed by atoms with Crippen LogP contribution in [0.1, 0.15) is 23.6 Å². The molecule has 2 aromatic rings. The Kier molecular flexibility index (Phi) is 3.37. The van der Waals surface area contributed by atoms with Crippen molar-refractivity contribution in [2.75, 3.05) is 0 Å². The molecule has 0 aliphatic carbocycles. The van der Waals surface area contributed by atoms with Gasteiger partial charge < -0.3 is 5.11 Å². The highest BCUT2D eigenvalue weighted by Crippen LogP contribution is 2.30. The first kappa shape index (κ1) is 11.7. The zero-order valence-corrected chi connectivity index (χ0v) is 11.3. The quantitative estimate of drug-likeness (QED) is 0.925. The minimum Gasteiger partial charge on any atom is -0.388 e. The Balaban J connectivity index is 2.41. The fraction of sp³-hybridized carbons (Fsp3) is 0.273. The smallest absolute Gasteiger partial charge is 0.142 e. The maximum atomic E-state index is 9.55. The van der Waals surface area contributed by atoms with Gasteiger partial charge in [0.15, 0.2) is 0 Å². The Bertz CT molecular complexity index is 493. The number of aryl methyl sites for hydroxylation is 1. The lowest BCUT2D eigenvalue weighted by molar-refractivity contribution is 0.202. The highest BCUT2D eigenvalue weighted by atomic mass is 79.9. The molecule has 2 rings (SSSR count). The van der Waals surface area contributed by atoms with Crippen LogP contribution in [0.25, 0.3) is 10.7 Å². The van der Waals surface area contributed by atoms with Crippen molar-refractivity contribution < 1.29 is 5.11 Å². The summed E-state index contributed by atoms with van der Waals surface area (Å²) in [5.74, 6) is 0. The third kappa shape index (κ3) is 2.31. The second-order valence-electron chi connectivity index (χ2n) is 3.51. The highest BCUT2D eigenvalue weighted by Gasteiger charge is 2.13. The van der Waals surface area contributed by atoms with Crippen molar-refractivity contribution in [1.29, 1.82) is 0 Å². The maximum absolute atomic E-state index is 9.55.